The molecule has 112 valence electrons. The van der Waals surface area contributed by atoms with Crippen LogP contribution in [-0.4, -0.2) is 10.9 Å². The highest BCUT2D eigenvalue weighted by atomic mass is 19.1. The van der Waals surface area contributed by atoms with Gasteiger partial charge in [0.05, 0.1) is 6.54 Å². The van der Waals surface area contributed by atoms with Gasteiger partial charge >= 0.3 is 0 Å². The van der Waals surface area contributed by atoms with Crippen LogP contribution in [0, 0.1) is 18.6 Å². The minimum Gasteiger partial charge on any atom is -0.448 e. The monoisotopic (exact) mass is 294 g/mol. The summed E-state index contributed by atoms with van der Waals surface area (Å²) < 4.78 is 31.5. The number of carbonyl (C=O) groups is 1. The van der Waals surface area contributed by atoms with E-state index in [0.717, 1.165) is 6.07 Å². The number of nitrogens with zero attached hydrogens (tertiary/aromatic N) is 1. The lowest BCUT2D eigenvalue weighted by Crippen LogP contribution is -2.24. The summed E-state index contributed by atoms with van der Waals surface area (Å²) in [4.78, 5) is 15.8. The average Bonchev–Trinajstić information content (AvgIpc) is 2.81. The van der Waals surface area contributed by atoms with Gasteiger partial charge in [0.25, 0.3) is 0 Å². The van der Waals surface area contributed by atoms with E-state index >= 15 is 0 Å². The highest BCUT2D eigenvalue weighted by molar-refractivity contribution is 5.76. The van der Waals surface area contributed by atoms with Crippen LogP contribution in [0.5, 0.6) is 0 Å². The summed E-state index contributed by atoms with van der Waals surface area (Å²) in [5, 5.41) is 2.70. The number of oxazole rings is 1. The molecular weight excluding hydrogens is 278 g/mol. The van der Waals surface area contributed by atoms with Crippen molar-refractivity contribution in [2.24, 2.45) is 0 Å². The quantitative estimate of drug-likeness (QED) is 0.922. The Bertz CT molecular complexity index is 640. The first-order valence-corrected chi connectivity index (χ1v) is 6.58. The second-order valence-corrected chi connectivity index (χ2v) is 4.90. The summed E-state index contributed by atoms with van der Waals surface area (Å²) >= 11 is 0. The minimum absolute atomic E-state index is 0.111. The Hall–Kier alpha value is -2.24. The molecule has 6 heteroatoms. The van der Waals surface area contributed by atoms with E-state index < -0.39 is 11.6 Å². The molecule has 0 fully saturated rings. The Morgan fingerprint density at radius 2 is 2.19 bits per heavy atom. The van der Waals surface area contributed by atoms with Crippen molar-refractivity contribution in [1.29, 1.82) is 0 Å². The fraction of sp³-hybridized carbons (Fsp3) is 0.333. The molecule has 2 aromatic rings. The fourth-order valence-electron chi connectivity index (χ4n) is 2.04. The molecular formula is C15H16F2N2O2. The Morgan fingerprint density at radius 3 is 2.81 bits per heavy atom. The number of amides is 1. The number of aromatic nitrogens is 1. The number of nitrogens with one attached hydrogen (secondary N) is 1. The van der Waals surface area contributed by atoms with Crippen molar-refractivity contribution in [3.8, 4) is 0 Å². The van der Waals surface area contributed by atoms with Crippen LogP contribution >= 0.6 is 0 Å². The molecule has 0 saturated carbocycles. The van der Waals surface area contributed by atoms with Gasteiger partial charge in [0.1, 0.15) is 23.1 Å². The van der Waals surface area contributed by atoms with E-state index in [9.17, 15) is 13.6 Å². The van der Waals surface area contributed by atoms with Crippen molar-refractivity contribution in [1.82, 2.24) is 10.3 Å². The average molecular weight is 294 g/mol. The molecule has 1 N–H and O–H groups in total. The molecule has 0 aliphatic carbocycles. The molecule has 0 saturated heterocycles. The highest BCUT2D eigenvalue weighted by Gasteiger charge is 2.16. The lowest BCUT2D eigenvalue weighted by atomic mass is 9.97. The molecule has 1 heterocycles. The second-order valence-electron chi connectivity index (χ2n) is 4.90. The summed E-state index contributed by atoms with van der Waals surface area (Å²) in [7, 11) is 0. The molecule has 4 nitrogen and oxygen atoms in total. The smallest absolute Gasteiger partial charge is 0.220 e. The van der Waals surface area contributed by atoms with Crippen molar-refractivity contribution in [2.45, 2.75) is 32.7 Å². The van der Waals surface area contributed by atoms with E-state index in [4.69, 9.17) is 4.42 Å². The van der Waals surface area contributed by atoms with E-state index in [-0.39, 0.29) is 24.8 Å². The lowest BCUT2D eigenvalue weighted by molar-refractivity contribution is -0.121. The van der Waals surface area contributed by atoms with Gasteiger partial charge in [-0.25, -0.2) is 13.8 Å². The Balaban J connectivity index is 1.91. The summed E-state index contributed by atoms with van der Waals surface area (Å²) in [5.74, 6) is -1.19. The van der Waals surface area contributed by atoms with Gasteiger partial charge in [-0.2, -0.15) is 0 Å². The van der Waals surface area contributed by atoms with Crippen molar-refractivity contribution >= 4 is 5.91 Å². The first-order chi connectivity index (χ1) is 9.97. The number of halogens is 2. The van der Waals surface area contributed by atoms with Crippen LogP contribution in [0.15, 0.2) is 29.0 Å². The number of benzene rings is 1. The van der Waals surface area contributed by atoms with E-state index in [2.05, 4.69) is 10.3 Å². The van der Waals surface area contributed by atoms with E-state index in [1.54, 1.807) is 13.8 Å². The molecule has 0 aliphatic rings. The van der Waals surface area contributed by atoms with E-state index in [1.165, 1.54) is 18.5 Å². The summed E-state index contributed by atoms with van der Waals surface area (Å²) in [6, 6.07) is 3.37. The molecule has 1 amide bonds. The lowest BCUT2D eigenvalue weighted by Gasteiger charge is -2.12. The fourth-order valence-corrected chi connectivity index (χ4v) is 2.04. The van der Waals surface area contributed by atoms with Crippen molar-refractivity contribution < 1.29 is 18.0 Å². The van der Waals surface area contributed by atoms with Gasteiger partial charge in [-0.3, -0.25) is 4.79 Å². The molecule has 0 bridgehead atoms. The predicted molar refractivity (Wildman–Crippen MR) is 72.5 cm³/mol. The van der Waals surface area contributed by atoms with E-state index in [0.29, 0.717) is 17.0 Å². The third kappa shape index (κ3) is 3.87. The third-order valence-electron chi connectivity index (χ3n) is 3.28. The molecule has 1 aromatic heterocycles. The maximum atomic E-state index is 13.6. The van der Waals surface area contributed by atoms with Crippen LogP contribution in [-0.2, 0) is 11.3 Å². The van der Waals surface area contributed by atoms with Crippen LogP contribution in [0.3, 0.4) is 0 Å². The Morgan fingerprint density at radius 1 is 1.43 bits per heavy atom. The van der Waals surface area contributed by atoms with Crippen molar-refractivity contribution in [3.05, 3.63) is 53.2 Å². The number of rotatable bonds is 5. The molecule has 0 unspecified atom stereocenters. The van der Waals surface area contributed by atoms with Crippen LogP contribution in [0.2, 0.25) is 0 Å². The maximum absolute atomic E-state index is 13.6. The first-order valence-electron chi connectivity index (χ1n) is 6.58. The number of aryl methyl sites for hydroxylation is 1. The van der Waals surface area contributed by atoms with Gasteiger partial charge in [-0.05, 0) is 24.5 Å². The van der Waals surface area contributed by atoms with Gasteiger partial charge in [-0.1, -0.05) is 13.0 Å². The van der Waals surface area contributed by atoms with E-state index in [1.807, 2.05) is 0 Å². The number of carbonyl (C=O) groups excluding carboxylic acids is 1. The maximum Gasteiger partial charge on any atom is 0.220 e. The molecule has 1 atom stereocenters. The summed E-state index contributed by atoms with van der Waals surface area (Å²) in [6.07, 6.45) is 1.42. The van der Waals surface area contributed by atoms with Gasteiger partial charge < -0.3 is 9.73 Å². The van der Waals surface area contributed by atoms with Crippen LogP contribution in [0.25, 0.3) is 0 Å². The topological polar surface area (TPSA) is 55.1 Å². The minimum atomic E-state index is -0.636. The largest absolute Gasteiger partial charge is 0.448 e. The van der Waals surface area contributed by atoms with Crippen LogP contribution in [0.4, 0.5) is 8.78 Å². The number of hydrogen-bond acceptors (Lipinski definition) is 3. The van der Waals surface area contributed by atoms with Gasteiger partial charge in [0, 0.05) is 12.5 Å². The Kier molecular flexibility index (Phi) is 4.67. The second kappa shape index (κ2) is 6.47. The zero-order valence-electron chi connectivity index (χ0n) is 11.8. The van der Waals surface area contributed by atoms with Crippen LogP contribution < -0.4 is 5.32 Å². The zero-order chi connectivity index (χ0) is 15.4. The standard InChI is InChI=1S/C15H16F2N2O2/c1-9(12-4-3-11(16)6-13(12)17)5-15(20)18-7-14-10(2)21-8-19-14/h3-4,6,8-9H,5,7H2,1-2H3,(H,18,20)/t9-/m0/s1. The molecule has 0 spiro atoms. The zero-order valence-corrected chi connectivity index (χ0v) is 11.8. The van der Waals surface area contributed by atoms with Gasteiger partial charge in [-0.15, -0.1) is 0 Å². The molecule has 1 aromatic carbocycles. The normalized spacial score (nSPS) is 12.2. The van der Waals surface area contributed by atoms with Crippen molar-refractivity contribution in [3.63, 3.8) is 0 Å². The Labute approximate surface area is 121 Å². The summed E-state index contributed by atoms with van der Waals surface area (Å²) in [6.45, 7) is 3.74. The predicted octanol–water partition coefficient (Wildman–Crippen LogP) is 3.07. The summed E-state index contributed by atoms with van der Waals surface area (Å²) in [5.41, 5.74) is 0.980. The van der Waals surface area contributed by atoms with Crippen LogP contribution in [0.1, 0.15) is 36.3 Å². The number of hydrogen-bond donors (Lipinski definition) is 1. The first kappa shape index (κ1) is 15.2. The highest BCUT2D eigenvalue weighted by Crippen LogP contribution is 2.22. The SMILES string of the molecule is Cc1ocnc1CNC(=O)C[C@H](C)c1ccc(F)cc1F. The molecule has 2 rings (SSSR count). The van der Waals surface area contributed by atoms with Crippen molar-refractivity contribution in [2.75, 3.05) is 0 Å². The van der Waals surface area contributed by atoms with Gasteiger partial charge in [0.2, 0.25) is 5.91 Å². The van der Waals surface area contributed by atoms with Gasteiger partial charge in [0.15, 0.2) is 6.39 Å². The third-order valence-corrected chi connectivity index (χ3v) is 3.28. The molecule has 0 aliphatic heterocycles. The molecule has 21 heavy (non-hydrogen) atoms. The molecule has 0 radical (unpaired) electrons.